The first-order valence-corrected chi connectivity index (χ1v) is 7.12. The molecular weight excluding hydrogens is 334 g/mol. The minimum atomic E-state index is -1.57. The number of ketones is 1. The van der Waals surface area contributed by atoms with Crippen molar-refractivity contribution in [3.63, 3.8) is 0 Å². The van der Waals surface area contributed by atoms with Crippen LogP contribution in [0.15, 0.2) is 53.0 Å². The van der Waals surface area contributed by atoms with E-state index >= 15 is 0 Å². The van der Waals surface area contributed by atoms with E-state index in [0.717, 1.165) is 10.0 Å². The van der Waals surface area contributed by atoms with Crippen LogP contribution in [0.5, 0.6) is 0 Å². The Hall–Kier alpha value is -1.98. The Labute approximate surface area is 130 Å². The minimum Gasteiger partial charge on any atom is -0.367 e. The summed E-state index contributed by atoms with van der Waals surface area (Å²) < 4.78 is 0.843. The van der Waals surface area contributed by atoms with Gasteiger partial charge < -0.3 is 10.4 Å². The molecule has 4 nitrogen and oxygen atoms in total. The first-order valence-electron chi connectivity index (χ1n) is 6.33. The molecule has 2 rings (SSSR count). The van der Waals surface area contributed by atoms with Crippen LogP contribution < -0.4 is 5.32 Å². The molecule has 0 aromatic heterocycles. The van der Waals surface area contributed by atoms with Crippen LogP contribution in [0.1, 0.15) is 26.3 Å². The van der Waals surface area contributed by atoms with E-state index in [-0.39, 0.29) is 0 Å². The van der Waals surface area contributed by atoms with Gasteiger partial charge in [-0.3, -0.25) is 9.59 Å². The van der Waals surface area contributed by atoms with Gasteiger partial charge in [-0.05, 0) is 31.2 Å². The third-order valence-corrected chi connectivity index (χ3v) is 3.49. The van der Waals surface area contributed by atoms with Crippen molar-refractivity contribution in [2.24, 2.45) is 0 Å². The topological polar surface area (TPSA) is 66.4 Å². The molecule has 0 radical (unpaired) electrons. The number of Topliss-reactive ketones (excluding diaryl/α,β-unsaturated/α-hetero) is 1. The summed E-state index contributed by atoms with van der Waals surface area (Å²) in [7, 11) is 0. The second-order valence-electron chi connectivity index (χ2n) is 4.61. The third kappa shape index (κ3) is 4.00. The van der Waals surface area contributed by atoms with Crippen molar-refractivity contribution in [3.8, 4) is 0 Å². The van der Waals surface area contributed by atoms with Gasteiger partial charge in [-0.15, -0.1) is 0 Å². The maximum absolute atomic E-state index is 12.0. The largest absolute Gasteiger partial charge is 0.367 e. The molecule has 1 atom stereocenters. The molecule has 2 N–H and O–H groups in total. The number of amides is 1. The Morgan fingerprint density at radius 3 is 2.10 bits per heavy atom. The molecule has 2 aromatic carbocycles. The molecule has 0 aliphatic rings. The van der Waals surface area contributed by atoms with Crippen molar-refractivity contribution in [2.75, 3.05) is 0 Å². The number of aliphatic hydroxyl groups excluding tert-OH is 1. The van der Waals surface area contributed by atoms with Crippen LogP contribution in [0.3, 0.4) is 0 Å². The van der Waals surface area contributed by atoms with E-state index in [1.54, 1.807) is 48.5 Å². The van der Waals surface area contributed by atoms with Gasteiger partial charge in [0, 0.05) is 15.6 Å². The summed E-state index contributed by atoms with van der Waals surface area (Å²) in [5.74, 6) is -1.05. The highest BCUT2D eigenvalue weighted by Crippen LogP contribution is 2.11. The zero-order valence-corrected chi connectivity index (χ0v) is 12.9. The van der Waals surface area contributed by atoms with E-state index in [4.69, 9.17) is 0 Å². The molecule has 0 bridgehead atoms. The van der Waals surface area contributed by atoms with Crippen molar-refractivity contribution >= 4 is 27.6 Å². The standard InChI is InChI=1S/C16H14BrNO3/c1-10-2-4-11(5-3-10)14(19)16(21)18-15(20)12-6-8-13(17)9-7-12/h2-9,16,21H,1H3,(H,18,20). The highest BCUT2D eigenvalue weighted by Gasteiger charge is 2.19. The molecule has 5 heteroatoms. The lowest BCUT2D eigenvalue weighted by Crippen LogP contribution is -2.40. The Bertz CT molecular complexity index is 650. The van der Waals surface area contributed by atoms with Crippen LogP contribution in [-0.4, -0.2) is 23.0 Å². The number of nitrogens with one attached hydrogen (secondary N) is 1. The van der Waals surface area contributed by atoms with Gasteiger partial charge in [0.05, 0.1) is 0 Å². The summed E-state index contributed by atoms with van der Waals surface area (Å²) in [6, 6.07) is 13.4. The van der Waals surface area contributed by atoms with Gasteiger partial charge >= 0.3 is 0 Å². The van der Waals surface area contributed by atoms with Crippen LogP contribution >= 0.6 is 15.9 Å². The lowest BCUT2D eigenvalue weighted by atomic mass is 10.1. The second kappa shape index (κ2) is 6.65. The van der Waals surface area contributed by atoms with Crippen molar-refractivity contribution in [3.05, 3.63) is 69.7 Å². The van der Waals surface area contributed by atoms with Crippen molar-refractivity contribution < 1.29 is 14.7 Å². The number of rotatable bonds is 4. The second-order valence-corrected chi connectivity index (χ2v) is 5.53. The average Bonchev–Trinajstić information content (AvgIpc) is 2.47. The number of carbonyl (C=O) groups excluding carboxylic acids is 2. The molecule has 0 heterocycles. The highest BCUT2D eigenvalue weighted by atomic mass is 79.9. The number of halogens is 1. The monoisotopic (exact) mass is 347 g/mol. The maximum Gasteiger partial charge on any atom is 0.253 e. The van der Waals surface area contributed by atoms with Crippen LogP contribution in [0.2, 0.25) is 0 Å². The fourth-order valence-electron chi connectivity index (χ4n) is 1.75. The molecule has 2 aromatic rings. The van der Waals surface area contributed by atoms with Gasteiger partial charge in [-0.2, -0.15) is 0 Å². The smallest absolute Gasteiger partial charge is 0.253 e. The molecular formula is C16H14BrNO3. The van der Waals surface area contributed by atoms with E-state index in [1.807, 2.05) is 6.92 Å². The SMILES string of the molecule is Cc1ccc(C(=O)C(O)NC(=O)c2ccc(Br)cc2)cc1. The Morgan fingerprint density at radius 1 is 1.00 bits per heavy atom. The van der Waals surface area contributed by atoms with Crippen molar-refractivity contribution in [1.82, 2.24) is 5.32 Å². The van der Waals surface area contributed by atoms with Gasteiger partial charge in [0.25, 0.3) is 5.91 Å². The number of hydrogen-bond acceptors (Lipinski definition) is 3. The molecule has 0 saturated heterocycles. The van der Waals surface area contributed by atoms with Gasteiger partial charge in [0.15, 0.2) is 6.23 Å². The number of aliphatic hydroxyl groups is 1. The molecule has 0 aliphatic carbocycles. The minimum absolute atomic E-state index is 0.351. The fourth-order valence-corrected chi connectivity index (χ4v) is 2.01. The average molecular weight is 348 g/mol. The first-order chi connectivity index (χ1) is 9.97. The molecule has 21 heavy (non-hydrogen) atoms. The van der Waals surface area contributed by atoms with Crippen LogP contribution in [-0.2, 0) is 0 Å². The van der Waals surface area contributed by atoms with Crippen LogP contribution in [0.4, 0.5) is 0 Å². The Morgan fingerprint density at radius 2 is 1.52 bits per heavy atom. The molecule has 0 spiro atoms. The van der Waals surface area contributed by atoms with E-state index in [2.05, 4.69) is 21.2 Å². The number of aryl methyl sites for hydroxylation is 1. The normalized spacial score (nSPS) is 11.8. The first kappa shape index (κ1) is 15.4. The summed E-state index contributed by atoms with van der Waals surface area (Å²) in [5, 5.41) is 12.1. The van der Waals surface area contributed by atoms with E-state index in [0.29, 0.717) is 11.1 Å². The zero-order valence-electron chi connectivity index (χ0n) is 11.3. The summed E-state index contributed by atoms with van der Waals surface area (Å²) in [5.41, 5.74) is 1.73. The van der Waals surface area contributed by atoms with Crippen molar-refractivity contribution in [2.45, 2.75) is 13.2 Å². The zero-order chi connectivity index (χ0) is 15.4. The molecule has 0 fully saturated rings. The van der Waals surface area contributed by atoms with Crippen LogP contribution in [0, 0.1) is 6.92 Å². The van der Waals surface area contributed by atoms with Gasteiger partial charge in [0.2, 0.25) is 5.78 Å². The molecule has 108 valence electrons. The number of carbonyl (C=O) groups is 2. The Balaban J connectivity index is 2.05. The van der Waals surface area contributed by atoms with Gasteiger partial charge in [-0.25, -0.2) is 0 Å². The van der Waals surface area contributed by atoms with Gasteiger partial charge in [0.1, 0.15) is 0 Å². The molecule has 0 saturated carbocycles. The predicted octanol–water partition coefficient (Wildman–Crippen LogP) is 2.69. The molecule has 1 unspecified atom stereocenters. The highest BCUT2D eigenvalue weighted by molar-refractivity contribution is 9.10. The lowest BCUT2D eigenvalue weighted by Gasteiger charge is -2.12. The van der Waals surface area contributed by atoms with Crippen molar-refractivity contribution in [1.29, 1.82) is 0 Å². The summed E-state index contributed by atoms with van der Waals surface area (Å²) in [6.45, 7) is 1.90. The van der Waals surface area contributed by atoms with E-state index in [9.17, 15) is 14.7 Å². The number of hydrogen-bond donors (Lipinski definition) is 2. The fraction of sp³-hybridized carbons (Fsp3) is 0.125. The third-order valence-electron chi connectivity index (χ3n) is 2.96. The predicted molar refractivity (Wildman–Crippen MR) is 83.1 cm³/mol. The number of benzene rings is 2. The molecule has 0 aliphatic heterocycles. The van der Waals surface area contributed by atoms with E-state index < -0.39 is 17.9 Å². The van der Waals surface area contributed by atoms with Gasteiger partial charge in [-0.1, -0.05) is 45.8 Å². The maximum atomic E-state index is 12.0. The Kier molecular flexibility index (Phi) is 4.88. The quantitative estimate of drug-likeness (QED) is 0.660. The van der Waals surface area contributed by atoms with E-state index in [1.165, 1.54) is 0 Å². The molecule has 1 amide bonds. The summed E-state index contributed by atoms with van der Waals surface area (Å²) in [4.78, 5) is 23.9. The summed E-state index contributed by atoms with van der Waals surface area (Å²) in [6.07, 6.45) is -1.57. The lowest BCUT2D eigenvalue weighted by molar-refractivity contribution is 0.0607. The summed E-state index contributed by atoms with van der Waals surface area (Å²) >= 11 is 3.27. The van der Waals surface area contributed by atoms with Crippen LogP contribution in [0.25, 0.3) is 0 Å².